The first-order valence-electron chi connectivity index (χ1n) is 5.16. The predicted molar refractivity (Wildman–Crippen MR) is 50.2 cm³/mol. The molecule has 14 heavy (non-hydrogen) atoms. The molecule has 1 saturated heterocycles. The van der Waals surface area contributed by atoms with Crippen LogP contribution in [0.1, 0.15) is 26.2 Å². The van der Waals surface area contributed by atoms with Crippen LogP contribution in [0.3, 0.4) is 0 Å². The van der Waals surface area contributed by atoms with Crippen LogP contribution in [0.2, 0.25) is 0 Å². The fourth-order valence-electron chi connectivity index (χ4n) is 2.28. The predicted octanol–water partition coefficient (Wildman–Crippen LogP) is 1.68. The number of carbonyl (C=O) groups is 2. The van der Waals surface area contributed by atoms with Crippen molar-refractivity contribution in [3.8, 4) is 0 Å². The Bertz CT molecular complexity index is 293. The number of allylic oxidation sites excluding steroid dienone is 1. The number of carbonyl (C=O) groups excluding carboxylic acids is 2. The first-order valence-corrected chi connectivity index (χ1v) is 5.16. The molecule has 1 heterocycles. The van der Waals surface area contributed by atoms with Gasteiger partial charge in [0.05, 0.1) is 11.8 Å². The zero-order chi connectivity index (χ0) is 10.1. The molecule has 0 amide bonds. The lowest BCUT2D eigenvalue weighted by Crippen LogP contribution is -2.22. The average Bonchev–Trinajstić information content (AvgIpc) is 2.43. The normalized spacial score (nSPS) is 35.6. The van der Waals surface area contributed by atoms with Crippen LogP contribution in [0.15, 0.2) is 12.2 Å². The van der Waals surface area contributed by atoms with Gasteiger partial charge in [-0.25, -0.2) is 0 Å². The molecule has 0 aromatic rings. The summed E-state index contributed by atoms with van der Waals surface area (Å²) in [4.78, 5) is 22.5. The number of hydrogen-bond acceptors (Lipinski definition) is 3. The molecule has 3 nitrogen and oxygen atoms in total. The van der Waals surface area contributed by atoms with Gasteiger partial charge in [-0.3, -0.25) is 9.59 Å². The number of esters is 2. The van der Waals surface area contributed by atoms with Crippen molar-refractivity contribution in [1.29, 1.82) is 0 Å². The van der Waals surface area contributed by atoms with Crippen LogP contribution in [-0.4, -0.2) is 11.9 Å². The Morgan fingerprint density at radius 2 is 2.14 bits per heavy atom. The molecule has 0 N–H and O–H groups in total. The lowest BCUT2D eigenvalue weighted by molar-refractivity contribution is -0.153. The van der Waals surface area contributed by atoms with Crippen molar-refractivity contribution in [3.63, 3.8) is 0 Å². The molecule has 3 heteroatoms. The van der Waals surface area contributed by atoms with Gasteiger partial charge in [0.1, 0.15) is 0 Å². The highest BCUT2D eigenvalue weighted by Gasteiger charge is 2.45. The second-order valence-electron chi connectivity index (χ2n) is 4.04. The highest BCUT2D eigenvalue weighted by molar-refractivity contribution is 5.97. The summed E-state index contributed by atoms with van der Waals surface area (Å²) in [6.07, 6.45) is 6.88. The van der Waals surface area contributed by atoms with Gasteiger partial charge in [-0.1, -0.05) is 25.5 Å². The third-order valence-electron chi connectivity index (χ3n) is 3.02. The van der Waals surface area contributed by atoms with Gasteiger partial charge < -0.3 is 4.74 Å². The number of fused-ring (bicyclic) bond motifs is 1. The maximum atomic E-state index is 11.3. The first kappa shape index (κ1) is 9.44. The van der Waals surface area contributed by atoms with Crippen LogP contribution in [0.4, 0.5) is 0 Å². The van der Waals surface area contributed by atoms with Gasteiger partial charge in [0.2, 0.25) is 0 Å². The molecule has 0 bridgehead atoms. The fraction of sp³-hybridized carbons (Fsp3) is 0.636. The van der Waals surface area contributed by atoms with Gasteiger partial charge in [0.25, 0.3) is 0 Å². The van der Waals surface area contributed by atoms with E-state index >= 15 is 0 Å². The maximum absolute atomic E-state index is 11.3. The van der Waals surface area contributed by atoms with E-state index in [4.69, 9.17) is 0 Å². The molecule has 0 spiro atoms. The molecular weight excluding hydrogens is 180 g/mol. The Kier molecular flexibility index (Phi) is 2.40. The second-order valence-corrected chi connectivity index (χ2v) is 4.04. The van der Waals surface area contributed by atoms with Crippen molar-refractivity contribution in [1.82, 2.24) is 0 Å². The van der Waals surface area contributed by atoms with Gasteiger partial charge in [0, 0.05) is 0 Å². The van der Waals surface area contributed by atoms with Crippen LogP contribution < -0.4 is 0 Å². The van der Waals surface area contributed by atoms with E-state index in [1.165, 1.54) is 0 Å². The summed E-state index contributed by atoms with van der Waals surface area (Å²) in [6.45, 7) is 2.12. The lowest BCUT2D eigenvalue weighted by atomic mass is 9.79. The van der Waals surface area contributed by atoms with Crippen LogP contribution >= 0.6 is 0 Å². The van der Waals surface area contributed by atoms with Crippen molar-refractivity contribution in [2.24, 2.45) is 17.8 Å². The van der Waals surface area contributed by atoms with E-state index < -0.39 is 0 Å². The van der Waals surface area contributed by atoms with E-state index in [1.54, 1.807) is 0 Å². The van der Waals surface area contributed by atoms with E-state index in [1.807, 2.05) is 6.08 Å². The molecule has 1 aliphatic heterocycles. The van der Waals surface area contributed by atoms with Crippen LogP contribution in [0.25, 0.3) is 0 Å². The van der Waals surface area contributed by atoms with Gasteiger partial charge in [-0.05, 0) is 18.8 Å². The molecule has 0 aromatic carbocycles. The van der Waals surface area contributed by atoms with Gasteiger partial charge in [-0.2, -0.15) is 0 Å². The van der Waals surface area contributed by atoms with E-state index in [9.17, 15) is 9.59 Å². The second kappa shape index (κ2) is 3.56. The van der Waals surface area contributed by atoms with E-state index in [0.717, 1.165) is 19.3 Å². The lowest BCUT2D eigenvalue weighted by Gasteiger charge is -2.21. The Hall–Kier alpha value is -1.12. The molecule has 0 saturated carbocycles. The van der Waals surface area contributed by atoms with E-state index in [-0.39, 0.29) is 23.8 Å². The van der Waals surface area contributed by atoms with Gasteiger partial charge in [0.15, 0.2) is 0 Å². The molecule has 1 aliphatic carbocycles. The molecule has 2 aliphatic rings. The molecule has 2 rings (SSSR count). The van der Waals surface area contributed by atoms with Gasteiger partial charge in [-0.15, -0.1) is 0 Å². The maximum Gasteiger partial charge on any atom is 0.321 e. The summed E-state index contributed by atoms with van der Waals surface area (Å²) < 4.78 is 4.61. The third kappa shape index (κ3) is 1.47. The molecule has 1 fully saturated rings. The minimum atomic E-state index is -0.369. The minimum Gasteiger partial charge on any atom is -0.392 e. The topological polar surface area (TPSA) is 43.4 Å². The highest BCUT2D eigenvalue weighted by Crippen LogP contribution is 2.36. The number of ether oxygens (including phenoxy) is 1. The van der Waals surface area contributed by atoms with Crippen molar-refractivity contribution in [2.75, 3.05) is 0 Å². The van der Waals surface area contributed by atoms with E-state index in [0.29, 0.717) is 5.92 Å². The molecule has 0 radical (unpaired) electrons. The average molecular weight is 194 g/mol. The molecule has 0 aromatic heterocycles. The summed E-state index contributed by atoms with van der Waals surface area (Å²) in [5, 5.41) is 0. The Morgan fingerprint density at radius 3 is 2.86 bits per heavy atom. The molecule has 3 unspecified atom stereocenters. The Balaban J connectivity index is 2.12. The number of rotatable bonds is 2. The summed E-state index contributed by atoms with van der Waals surface area (Å²) in [5.41, 5.74) is 0. The summed E-state index contributed by atoms with van der Waals surface area (Å²) >= 11 is 0. The SMILES string of the molecule is CCCC1C=CC2C(=O)OC(=O)C2C1. The molecular formula is C11H14O3. The van der Waals surface area contributed by atoms with Crippen LogP contribution in [-0.2, 0) is 14.3 Å². The molecule has 76 valence electrons. The van der Waals surface area contributed by atoms with Crippen LogP contribution in [0, 0.1) is 17.8 Å². The smallest absolute Gasteiger partial charge is 0.321 e. The monoisotopic (exact) mass is 194 g/mol. The largest absolute Gasteiger partial charge is 0.392 e. The van der Waals surface area contributed by atoms with Crippen molar-refractivity contribution in [3.05, 3.63) is 12.2 Å². The number of cyclic esters (lactones) is 2. The summed E-state index contributed by atoms with van der Waals surface area (Å²) in [7, 11) is 0. The van der Waals surface area contributed by atoms with E-state index in [2.05, 4.69) is 17.7 Å². The van der Waals surface area contributed by atoms with Crippen molar-refractivity contribution >= 4 is 11.9 Å². The third-order valence-corrected chi connectivity index (χ3v) is 3.02. The quantitative estimate of drug-likeness (QED) is 0.381. The van der Waals surface area contributed by atoms with Crippen molar-refractivity contribution in [2.45, 2.75) is 26.2 Å². The highest BCUT2D eigenvalue weighted by atomic mass is 16.6. The molecule has 3 atom stereocenters. The van der Waals surface area contributed by atoms with Crippen molar-refractivity contribution < 1.29 is 14.3 Å². The summed E-state index contributed by atoms with van der Waals surface area (Å²) in [5.74, 6) is -0.754. The fourth-order valence-corrected chi connectivity index (χ4v) is 2.28. The summed E-state index contributed by atoms with van der Waals surface area (Å²) in [6, 6.07) is 0. The first-order chi connectivity index (χ1) is 6.72. The minimum absolute atomic E-state index is 0.205. The van der Waals surface area contributed by atoms with Gasteiger partial charge >= 0.3 is 11.9 Å². The van der Waals surface area contributed by atoms with Crippen LogP contribution in [0.5, 0.6) is 0 Å². The Morgan fingerprint density at radius 1 is 1.36 bits per heavy atom. The standard InChI is InChI=1S/C11H14O3/c1-2-3-7-4-5-8-9(6-7)11(13)14-10(8)12/h4-5,7-9H,2-3,6H2,1H3. The zero-order valence-corrected chi connectivity index (χ0v) is 8.23. The Labute approximate surface area is 83.1 Å². The zero-order valence-electron chi connectivity index (χ0n) is 8.23. The number of hydrogen-bond donors (Lipinski definition) is 0.